The van der Waals surface area contributed by atoms with E-state index in [2.05, 4.69) is 5.10 Å². The van der Waals surface area contributed by atoms with Gasteiger partial charge >= 0.3 is 0 Å². The summed E-state index contributed by atoms with van der Waals surface area (Å²) >= 11 is 0. The van der Waals surface area contributed by atoms with E-state index in [0.29, 0.717) is 22.6 Å². The van der Waals surface area contributed by atoms with Crippen molar-refractivity contribution in [2.45, 2.75) is 13.8 Å². The number of nitrogens with zero attached hydrogens (tertiary/aromatic N) is 2. The molecule has 0 saturated heterocycles. The van der Waals surface area contributed by atoms with E-state index in [1.807, 2.05) is 0 Å². The molecule has 1 heterocycles. The van der Waals surface area contributed by atoms with Crippen molar-refractivity contribution >= 4 is 5.82 Å². The second-order valence-corrected chi connectivity index (χ2v) is 4.06. The maximum Gasteiger partial charge on any atom is 0.135 e. The van der Waals surface area contributed by atoms with Crippen LogP contribution in [0.3, 0.4) is 0 Å². The molecule has 2 N–H and O–H groups in total. The molecule has 0 atom stereocenters. The highest BCUT2D eigenvalue weighted by Gasteiger charge is 2.16. The van der Waals surface area contributed by atoms with Crippen LogP contribution in [0.5, 0.6) is 0 Å². The van der Waals surface area contributed by atoms with Crippen LogP contribution >= 0.6 is 0 Å². The van der Waals surface area contributed by atoms with Gasteiger partial charge in [0.15, 0.2) is 0 Å². The molecule has 0 unspecified atom stereocenters. The van der Waals surface area contributed by atoms with Gasteiger partial charge in [-0.15, -0.1) is 0 Å². The largest absolute Gasteiger partial charge is 0.384 e. The molecule has 2 aromatic rings. The lowest BCUT2D eigenvalue weighted by molar-refractivity contribution is 0.579. The lowest BCUT2D eigenvalue weighted by Gasteiger charge is -2.04. The Kier molecular flexibility index (Phi) is 2.61. The summed E-state index contributed by atoms with van der Waals surface area (Å²) in [7, 11) is 1.68. The Morgan fingerprint density at radius 3 is 2.35 bits per heavy atom. The molecule has 5 heteroatoms. The molecule has 0 aliphatic carbocycles. The Morgan fingerprint density at radius 2 is 1.82 bits per heavy atom. The zero-order valence-corrected chi connectivity index (χ0v) is 9.88. The molecular formula is C12H13F2N3. The van der Waals surface area contributed by atoms with Crippen LogP contribution in [0.1, 0.15) is 11.1 Å². The number of aryl methyl sites for hydroxylation is 2. The number of anilines is 1. The average Bonchev–Trinajstić information content (AvgIpc) is 2.51. The number of nitrogen functional groups attached to an aromatic ring is 1. The molecule has 1 aromatic heterocycles. The molecule has 2 rings (SSSR count). The molecular weight excluding hydrogens is 224 g/mol. The number of hydrogen-bond acceptors (Lipinski definition) is 2. The molecule has 3 nitrogen and oxygen atoms in total. The van der Waals surface area contributed by atoms with Crippen LogP contribution in [0.4, 0.5) is 14.6 Å². The molecule has 0 aliphatic rings. The van der Waals surface area contributed by atoms with E-state index in [0.717, 1.165) is 6.07 Å². The van der Waals surface area contributed by atoms with Gasteiger partial charge < -0.3 is 5.73 Å². The molecule has 0 amide bonds. The fraction of sp³-hybridized carbons (Fsp3) is 0.250. The third-order valence-corrected chi connectivity index (χ3v) is 2.84. The van der Waals surface area contributed by atoms with Crippen molar-refractivity contribution in [2.24, 2.45) is 7.05 Å². The van der Waals surface area contributed by atoms with Gasteiger partial charge in [-0.25, -0.2) is 8.78 Å². The van der Waals surface area contributed by atoms with Gasteiger partial charge in [-0.2, -0.15) is 5.10 Å². The zero-order valence-electron chi connectivity index (χ0n) is 9.88. The van der Waals surface area contributed by atoms with E-state index in [1.54, 1.807) is 20.9 Å². The smallest absolute Gasteiger partial charge is 0.135 e. The second kappa shape index (κ2) is 3.84. The van der Waals surface area contributed by atoms with Crippen molar-refractivity contribution in [3.8, 4) is 11.3 Å². The predicted octanol–water partition coefficient (Wildman–Crippen LogP) is 2.56. The first-order chi connectivity index (χ1) is 7.91. The highest BCUT2D eigenvalue weighted by molar-refractivity contribution is 5.69. The van der Waals surface area contributed by atoms with E-state index in [-0.39, 0.29) is 5.56 Å². The SMILES string of the molecule is Cc1cc(-c2nn(C)c(N)c2C)c(F)cc1F. The minimum atomic E-state index is -0.630. The summed E-state index contributed by atoms with van der Waals surface area (Å²) in [4.78, 5) is 0. The van der Waals surface area contributed by atoms with Gasteiger partial charge in [0.25, 0.3) is 0 Å². The van der Waals surface area contributed by atoms with Gasteiger partial charge in [0.1, 0.15) is 23.1 Å². The molecule has 90 valence electrons. The van der Waals surface area contributed by atoms with Gasteiger partial charge in [-0.3, -0.25) is 4.68 Å². The first-order valence-electron chi connectivity index (χ1n) is 5.17. The molecule has 0 spiro atoms. The third-order valence-electron chi connectivity index (χ3n) is 2.84. The molecule has 17 heavy (non-hydrogen) atoms. The topological polar surface area (TPSA) is 43.8 Å². The minimum absolute atomic E-state index is 0.272. The van der Waals surface area contributed by atoms with Crippen LogP contribution < -0.4 is 5.73 Å². The Balaban J connectivity index is 2.68. The van der Waals surface area contributed by atoms with Gasteiger partial charge in [-0.1, -0.05) is 0 Å². The fourth-order valence-corrected chi connectivity index (χ4v) is 1.74. The van der Waals surface area contributed by atoms with Crippen molar-refractivity contribution in [3.05, 3.63) is 34.9 Å². The van der Waals surface area contributed by atoms with Crippen molar-refractivity contribution in [1.29, 1.82) is 0 Å². The summed E-state index contributed by atoms with van der Waals surface area (Å²) < 4.78 is 28.4. The van der Waals surface area contributed by atoms with Gasteiger partial charge in [0.2, 0.25) is 0 Å². The summed E-state index contributed by atoms with van der Waals surface area (Å²) in [6.07, 6.45) is 0. The maximum atomic E-state index is 13.7. The first kappa shape index (κ1) is 11.6. The standard InChI is InChI=1S/C12H13F2N3/c1-6-4-8(10(14)5-9(6)13)11-7(2)12(15)17(3)16-11/h4-5H,15H2,1-3H3. The van der Waals surface area contributed by atoms with E-state index in [4.69, 9.17) is 5.73 Å². The lowest BCUT2D eigenvalue weighted by atomic mass is 10.0. The van der Waals surface area contributed by atoms with Crippen molar-refractivity contribution < 1.29 is 8.78 Å². The molecule has 0 saturated carbocycles. The first-order valence-corrected chi connectivity index (χ1v) is 5.17. The number of halogens is 2. The second-order valence-electron chi connectivity index (χ2n) is 4.06. The van der Waals surface area contributed by atoms with Crippen molar-refractivity contribution in [2.75, 3.05) is 5.73 Å². The van der Waals surface area contributed by atoms with E-state index in [9.17, 15) is 8.78 Å². The lowest BCUT2D eigenvalue weighted by Crippen LogP contribution is -1.97. The average molecular weight is 237 g/mol. The van der Waals surface area contributed by atoms with Crippen LogP contribution in [0.25, 0.3) is 11.3 Å². The number of nitrogens with two attached hydrogens (primary N) is 1. The van der Waals surface area contributed by atoms with Crippen molar-refractivity contribution in [3.63, 3.8) is 0 Å². The summed E-state index contributed by atoms with van der Waals surface area (Å²) in [5.41, 5.74) is 7.56. The summed E-state index contributed by atoms with van der Waals surface area (Å²) in [5.74, 6) is -0.719. The Hall–Kier alpha value is -1.91. The van der Waals surface area contributed by atoms with E-state index >= 15 is 0 Å². The van der Waals surface area contributed by atoms with Crippen LogP contribution in [0.15, 0.2) is 12.1 Å². The van der Waals surface area contributed by atoms with Crippen LogP contribution in [0.2, 0.25) is 0 Å². The molecule has 0 fully saturated rings. The quantitative estimate of drug-likeness (QED) is 0.828. The number of aromatic nitrogens is 2. The number of rotatable bonds is 1. The van der Waals surface area contributed by atoms with Crippen LogP contribution in [-0.4, -0.2) is 9.78 Å². The normalized spacial score (nSPS) is 10.9. The Morgan fingerprint density at radius 1 is 1.18 bits per heavy atom. The highest BCUT2D eigenvalue weighted by Crippen LogP contribution is 2.29. The third kappa shape index (κ3) is 1.77. The van der Waals surface area contributed by atoms with Gasteiger partial charge in [0.05, 0.1) is 0 Å². The van der Waals surface area contributed by atoms with Crippen molar-refractivity contribution in [1.82, 2.24) is 9.78 Å². The van der Waals surface area contributed by atoms with Crippen LogP contribution in [0, 0.1) is 25.5 Å². The molecule has 1 aromatic carbocycles. The minimum Gasteiger partial charge on any atom is -0.384 e. The summed E-state index contributed by atoms with van der Waals surface area (Å²) in [6, 6.07) is 2.31. The van der Waals surface area contributed by atoms with Crippen LogP contribution in [-0.2, 0) is 7.05 Å². The van der Waals surface area contributed by atoms with Gasteiger partial charge in [-0.05, 0) is 25.5 Å². The zero-order chi connectivity index (χ0) is 12.7. The monoisotopic (exact) mass is 237 g/mol. The van der Waals surface area contributed by atoms with Gasteiger partial charge in [0, 0.05) is 24.2 Å². The maximum absolute atomic E-state index is 13.7. The fourth-order valence-electron chi connectivity index (χ4n) is 1.74. The summed E-state index contributed by atoms with van der Waals surface area (Å²) in [5, 5.41) is 4.14. The number of benzene rings is 1. The summed E-state index contributed by atoms with van der Waals surface area (Å²) in [6.45, 7) is 3.34. The Labute approximate surface area is 97.9 Å². The van der Waals surface area contributed by atoms with E-state index < -0.39 is 11.6 Å². The molecule has 0 bridgehead atoms. The highest BCUT2D eigenvalue weighted by atomic mass is 19.1. The predicted molar refractivity (Wildman–Crippen MR) is 62.4 cm³/mol. The Bertz CT molecular complexity index is 588. The molecule has 0 aliphatic heterocycles. The number of hydrogen-bond donors (Lipinski definition) is 1. The van der Waals surface area contributed by atoms with E-state index in [1.165, 1.54) is 10.7 Å². The molecule has 0 radical (unpaired) electrons.